The number of hydrogen-bond acceptors (Lipinski definition) is 2. The summed E-state index contributed by atoms with van der Waals surface area (Å²) < 4.78 is 41.5. The van der Waals surface area contributed by atoms with Gasteiger partial charge in [-0.2, -0.15) is 18.2 Å². The van der Waals surface area contributed by atoms with Gasteiger partial charge in [0.15, 0.2) is 5.75 Å². The van der Waals surface area contributed by atoms with Gasteiger partial charge < -0.3 is 9.72 Å². The third kappa shape index (κ3) is 2.06. The first kappa shape index (κ1) is 10.3. The molecule has 0 aliphatic rings. The molecule has 15 heavy (non-hydrogen) atoms. The van der Waals surface area contributed by atoms with Crippen LogP contribution < -0.4 is 4.74 Å². The molecule has 7 heteroatoms. The zero-order valence-electron chi connectivity index (χ0n) is 7.10. The van der Waals surface area contributed by atoms with Crippen molar-refractivity contribution < 1.29 is 17.9 Å². The van der Waals surface area contributed by atoms with Gasteiger partial charge in [-0.1, -0.05) is 15.9 Å². The van der Waals surface area contributed by atoms with E-state index >= 15 is 0 Å². The molecule has 0 saturated carbocycles. The molecule has 0 unspecified atom stereocenters. The van der Waals surface area contributed by atoms with E-state index in [1.165, 1.54) is 12.1 Å². The second kappa shape index (κ2) is 3.73. The maximum Gasteiger partial charge on any atom is 0.387 e. The molecule has 0 amide bonds. The third-order valence-corrected chi connectivity index (χ3v) is 2.16. The smallest absolute Gasteiger partial charge is 0.387 e. The van der Waals surface area contributed by atoms with Crippen molar-refractivity contribution in [3.05, 3.63) is 22.7 Å². The predicted octanol–water partition coefficient (Wildman–Crippen LogP) is 3.07. The molecule has 2 rings (SSSR count). The number of aromatic amines is 1. The van der Waals surface area contributed by atoms with Crippen molar-refractivity contribution >= 4 is 27.0 Å². The average molecular weight is 281 g/mol. The fourth-order valence-corrected chi connectivity index (χ4v) is 1.64. The van der Waals surface area contributed by atoms with Crippen LogP contribution in [0.3, 0.4) is 0 Å². The minimum atomic E-state index is -2.97. The molecule has 0 saturated heterocycles. The lowest BCUT2D eigenvalue weighted by Gasteiger charge is -2.04. The molecule has 0 atom stereocenters. The van der Waals surface area contributed by atoms with Crippen molar-refractivity contribution in [2.75, 3.05) is 0 Å². The highest BCUT2D eigenvalue weighted by Gasteiger charge is 2.13. The van der Waals surface area contributed by atoms with Crippen LogP contribution in [0.5, 0.6) is 5.75 Å². The van der Waals surface area contributed by atoms with Gasteiger partial charge in [-0.05, 0) is 12.1 Å². The normalized spacial score (nSPS) is 11.3. The Morgan fingerprint density at radius 3 is 2.80 bits per heavy atom. The minimum absolute atomic E-state index is 0.0380. The highest BCUT2D eigenvalue weighted by Crippen LogP contribution is 2.29. The van der Waals surface area contributed by atoms with Crippen molar-refractivity contribution in [2.45, 2.75) is 6.61 Å². The molecular weight excluding hydrogens is 277 g/mol. The summed E-state index contributed by atoms with van der Waals surface area (Å²) in [6.07, 6.45) is -0.845. The number of fused-ring (bicyclic) bond motifs is 1. The zero-order valence-corrected chi connectivity index (χ0v) is 8.69. The number of halogens is 4. The summed E-state index contributed by atoms with van der Waals surface area (Å²) in [7, 11) is 0. The maximum atomic E-state index is 12.7. The summed E-state index contributed by atoms with van der Waals surface area (Å²) >= 11 is 3.09. The number of benzene rings is 1. The minimum Gasteiger partial charge on any atom is -0.432 e. The van der Waals surface area contributed by atoms with Gasteiger partial charge >= 0.3 is 6.61 Å². The Kier molecular flexibility index (Phi) is 2.56. The number of imidazole rings is 1. The molecule has 2 aromatic rings. The molecule has 3 nitrogen and oxygen atoms in total. The number of hydrogen-bond donors (Lipinski definition) is 1. The lowest BCUT2D eigenvalue weighted by Crippen LogP contribution is -2.02. The number of H-pyrrole nitrogens is 1. The first-order valence-corrected chi connectivity index (χ1v) is 4.65. The molecule has 1 heterocycles. The summed E-state index contributed by atoms with van der Waals surface area (Å²) in [6.45, 7) is -2.97. The SMILES string of the molecule is Fc1nc2c(OC(F)F)cc(Br)cc2[nH]1. The molecule has 1 aromatic heterocycles. The van der Waals surface area contributed by atoms with Crippen molar-refractivity contribution in [3.8, 4) is 5.75 Å². The molecule has 0 radical (unpaired) electrons. The van der Waals surface area contributed by atoms with Crippen LogP contribution in [0.1, 0.15) is 0 Å². The van der Waals surface area contributed by atoms with E-state index in [-0.39, 0.29) is 16.8 Å². The van der Waals surface area contributed by atoms with E-state index in [0.29, 0.717) is 4.47 Å². The fourth-order valence-electron chi connectivity index (χ4n) is 1.21. The van der Waals surface area contributed by atoms with Crippen LogP contribution in [-0.4, -0.2) is 16.6 Å². The first-order valence-electron chi connectivity index (χ1n) is 3.86. The summed E-state index contributed by atoms with van der Waals surface area (Å²) in [6, 6.07) is 2.82. The Hall–Kier alpha value is -1.24. The van der Waals surface area contributed by atoms with E-state index < -0.39 is 12.7 Å². The Labute approximate surface area is 90.4 Å². The quantitative estimate of drug-likeness (QED) is 0.918. The Balaban J connectivity index is 2.59. The van der Waals surface area contributed by atoms with Crippen molar-refractivity contribution in [1.29, 1.82) is 0 Å². The van der Waals surface area contributed by atoms with E-state index in [2.05, 4.69) is 30.6 Å². The van der Waals surface area contributed by atoms with Crippen LogP contribution in [0.2, 0.25) is 0 Å². The van der Waals surface area contributed by atoms with Gasteiger partial charge in [-0.15, -0.1) is 0 Å². The van der Waals surface area contributed by atoms with Crippen LogP contribution in [0.15, 0.2) is 16.6 Å². The highest BCUT2D eigenvalue weighted by atomic mass is 79.9. The number of ether oxygens (including phenoxy) is 1. The molecule has 1 N–H and O–H groups in total. The van der Waals surface area contributed by atoms with E-state index in [0.717, 1.165) is 0 Å². The molecule has 0 aliphatic heterocycles. The van der Waals surface area contributed by atoms with Crippen LogP contribution in [-0.2, 0) is 0 Å². The second-order valence-electron chi connectivity index (χ2n) is 2.71. The second-order valence-corrected chi connectivity index (χ2v) is 3.62. The summed E-state index contributed by atoms with van der Waals surface area (Å²) in [5.41, 5.74) is 0.327. The van der Waals surface area contributed by atoms with Crippen LogP contribution in [0.25, 0.3) is 11.0 Å². The highest BCUT2D eigenvalue weighted by molar-refractivity contribution is 9.10. The molecule has 1 aromatic carbocycles. The van der Waals surface area contributed by atoms with E-state index in [1.54, 1.807) is 0 Å². The number of aromatic nitrogens is 2. The maximum absolute atomic E-state index is 12.7. The third-order valence-electron chi connectivity index (χ3n) is 1.70. The number of nitrogens with zero attached hydrogens (tertiary/aromatic N) is 1. The Morgan fingerprint density at radius 1 is 1.40 bits per heavy atom. The summed E-state index contributed by atoms with van der Waals surface area (Å²) in [4.78, 5) is 5.69. The van der Waals surface area contributed by atoms with E-state index in [4.69, 9.17) is 0 Å². The van der Waals surface area contributed by atoms with Crippen molar-refractivity contribution in [2.24, 2.45) is 0 Å². The molecule has 0 fully saturated rings. The van der Waals surface area contributed by atoms with Crippen molar-refractivity contribution in [1.82, 2.24) is 9.97 Å². The van der Waals surface area contributed by atoms with Gasteiger partial charge in [0.2, 0.25) is 0 Å². The molecule has 0 aliphatic carbocycles. The average Bonchev–Trinajstić information content (AvgIpc) is 2.44. The van der Waals surface area contributed by atoms with Gasteiger partial charge in [0.25, 0.3) is 6.08 Å². The summed E-state index contributed by atoms with van der Waals surface area (Å²) in [5, 5.41) is 0. The van der Waals surface area contributed by atoms with Gasteiger partial charge in [-0.3, -0.25) is 0 Å². The Morgan fingerprint density at radius 2 is 2.13 bits per heavy atom. The van der Waals surface area contributed by atoms with E-state index in [9.17, 15) is 13.2 Å². The standard InChI is InChI=1S/C8H4BrF3N2O/c9-3-1-4-6(14-8(12)13-4)5(2-3)15-7(10)11/h1-2,7H,(H,13,14). The largest absolute Gasteiger partial charge is 0.432 e. The molecule has 0 spiro atoms. The van der Waals surface area contributed by atoms with Crippen LogP contribution >= 0.6 is 15.9 Å². The fraction of sp³-hybridized carbons (Fsp3) is 0.125. The van der Waals surface area contributed by atoms with Crippen LogP contribution in [0, 0.1) is 6.08 Å². The molecule has 0 bridgehead atoms. The van der Waals surface area contributed by atoms with Gasteiger partial charge in [0.05, 0.1) is 5.52 Å². The van der Waals surface area contributed by atoms with Gasteiger partial charge in [0, 0.05) is 4.47 Å². The van der Waals surface area contributed by atoms with E-state index in [1.807, 2.05) is 0 Å². The predicted molar refractivity (Wildman–Crippen MR) is 50.4 cm³/mol. The first-order chi connectivity index (χ1) is 7.06. The zero-order chi connectivity index (χ0) is 11.0. The lowest BCUT2D eigenvalue weighted by molar-refractivity contribution is -0.0489. The number of rotatable bonds is 2. The number of alkyl halides is 2. The van der Waals surface area contributed by atoms with Gasteiger partial charge in [0.1, 0.15) is 5.52 Å². The topological polar surface area (TPSA) is 37.9 Å². The lowest BCUT2D eigenvalue weighted by atomic mass is 10.3. The monoisotopic (exact) mass is 280 g/mol. The molecule has 80 valence electrons. The van der Waals surface area contributed by atoms with Crippen LogP contribution in [0.4, 0.5) is 13.2 Å². The van der Waals surface area contributed by atoms with Gasteiger partial charge in [-0.25, -0.2) is 0 Å². The molecular formula is C8H4BrF3N2O. The van der Waals surface area contributed by atoms with Crippen molar-refractivity contribution in [3.63, 3.8) is 0 Å². The Bertz CT molecular complexity index is 500. The number of nitrogens with one attached hydrogen (secondary N) is 1. The summed E-state index contributed by atoms with van der Waals surface area (Å²) in [5.74, 6) is -0.172.